The Morgan fingerprint density at radius 1 is 1.04 bits per heavy atom. The molecule has 136 valence electrons. The van der Waals surface area contributed by atoms with Crippen molar-refractivity contribution in [1.29, 1.82) is 0 Å². The van der Waals surface area contributed by atoms with Crippen molar-refractivity contribution >= 4 is 25.7 Å². The van der Waals surface area contributed by atoms with Gasteiger partial charge in [0.15, 0.2) is 0 Å². The average Bonchev–Trinajstić information content (AvgIpc) is 2.51. The third-order valence-electron chi connectivity index (χ3n) is 3.43. The van der Waals surface area contributed by atoms with Crippen LogP contribution in [0.3, 0.4) is 0 Å². The molecule has 0 fully saturated rings. The molecule has 2 rings (SSSR count). The van der Waals surface area contributed by atoms with E-state index < -0.39 is 25.9 Å². The van der Waals surface area contributed by atoms with Crippen LogP contribution in [0.25, 0.3) is 0 Å². The minimum absolute atomic E-state index is 0.0873. The maximum absolute atomic E-state index is 13.9. The molecule has 9 heteroatoms. The highest BCUT2D eigenvalue weighted by Gasteiger charge is 2.21. The van der Waals surface area contributed by atoms with Gasteiger partial charge in [0.05, 0.1) is 16.8 Å². The topological polar surface area (TPSA) is 83.6 Å². The van der Waals surface area contributed by atoms with Crippen LogP contribution in [0, 0.1) is 12.7 Å². The Kier molecular flexibility index (Phi) is 5.81. The molecule has 0 radical (unpaired) electrons. The Balaban J connectivity index is 2.16. The molecule has 25 heavy (non-hydrogen) atoms. The minimum Gasteiger partial charge on any atom is -0.266 e. The van der Waals surface area contributed by atoms with Gasteiger partial charge in [-0.1, -0.05) is 24.3 Å². The third-order valence-corrected chi connectivity index (χ3v) is 6.07. The molecule has 0 atom stereocenters. The van der Waals surface area contributed by atoms with Gasteiger partial charge in [0.2, 0.25) is 20.0 Å². The van der Waals surface area contributed by atoms with Crippen LogP contribution in [0.2, 0.25) is 0 Å². The number of nitrogens with one attached hydrogen (secondary N) is 1. The molecule has 0 bridgehead atoms. The zero-order valence-electron chi connectivity index (χ0n) is 13.8. The van der Waals surface area contributed by atoms with Crippen molar-refractivity contribution in [3.63, 3.8) is 0 Å². The van der Waals surface area contributed by atoms with E-state index in [4.69, 9.17) is 0 Å². The average molecular weight is 386 g/mol. The van der Waals surface area contributed by atoms with Gasteiger partial charge in [0, 0.05) is 13.1 Å². The van der Waals surface area contributed by atoms with E-state index in [-0.39, 0.29) is 23.7 Å². The second-order valence-electron chi connectivity index (χ2n) is 5.50. The molecule has 0 spiro atoms. The molecule has 2 aromatic rings. The maximum Gasteiger partial charge on any atom is 0.240 e. The van der Waals surface area contributed by atoms with Gasteiger partial charge in [0.25, 0.3) is 0 Å². The Hall–Kier alpha value is -1.97. The van der Waals surface area contributed by atoms with Crippen molar-refractivity contribution in [2.75, 3.05) is 23.7 Å². The zero-order chi connectivity index (χ0) is 18.7. The van der Waals surface area contributed by atoms with Crippen LogP contribution in [0.1, 0.15) is 5.56 Å². The monoisotopic (exact) mass is 386 g/mol. The molecule has 0 aliphatic carbocycles. The number of rotatable bonds is 7. The lowest BCUT2D eigenvalue weighted by Crippen LogP contribution is -2.38. The quantitative estimate of drug-likeness (QED) is 0.788. The predicted molar refractivity (Wildman–Crippen MR) is 95.0 cm³/mol. The van der Waals surface area contributed by atoms with Gasteiger partial charge in [-0.05, 0) is 36.8 Å². The number of para-hydroxylation sites is 1. The zero-order valence-corrected chi connectivity index (χ0v) is 15.4. The molecule has 0 saturated heterocycles. The van der Waals surface area contributed by atoms with Gasteiger partial charge >= 0.3 is 0 Å². The first-order chi connectivity index (χ1) is 11.6. The molecule has 0 aliphatic rings. The lowest BCUT2D eigenvalue weighted by Gasteiger charge is -2.23. The number of benzene rings is 2. The van der Waals surface area contributed by atoms with Crippen molar-refractivity contribution in [1.82, 2.24) is 4.72 Å². The second kappa shape index (κ2) is 7.51. The van der Waals surface area contributed by atoms with E-state index in [1.54, 1.807) is 19.1 Å². The Morgan fingerprint density at radius 2 is 1.72 bits per heavy atom. The van der Waals surface area contributed by atoms with E-state index in [1.807, 2.05) is 0 Å². The Labute approximate surface area is 147 Å². The molecule has 0 aromatic heterocycles. The molecule has 0 amide bonds. The van der Waals surface area contributed by atoms with E-state index in [0.29, 0.717) is 0 Å². The molecule has 2 aromatic carbocycles. The van der Waals surface area contributed by atoms with E-state index >= 15 is 0 Å². The number of halogens is 1. The number of sulfonamides is 2. The second-order valence-corrected chi connectivity index (χ2v) is 9.17. The highest BCUT2D eigenvalue weighted by molar-refractivity contribution is 7.92. The first kappa shape index (κ1) is 19.4. The minimum atomic E-state index is -3.78. The first-order valence-corrected chi connectivity index (χ1v) is 10.7. The van der Waals surface area contributed by atoms with Gasteiger partial charge in [-0.3, -0.25) is 4.31 Å². The SMILES string of the molecule is Cc1cccc(S(=O)(=O)NCCN(c2ccccc2F)S(C)(=O)=O)c1. The molecule has 0 aliphatic heterocycles. The largest absolute Gasteiger partial charge is 0.266 e. The smallest absolute Gasteiger partial charge is 0.240 e. The van der Waals surface area contributed by atoms with Gasteiger partial charge < -0.3 is 0 Å². The summed E-state index contributed by atoms with van der Waals surface area (Å²) in [5, 5.41) is 0. The summed E-state index contributed by atoms with van der Waals surface area (Å²) in [6.45, 7) is 1.34. The van der Waals surface area contributed by atoms with Gasteiger partial charge in [-0.15, -0.1) is 0 Å². The standard InChI is InChI=1S/C16H19FN2O4S2/c1-13-6-5-7-14(12-13)25(22,23)18-10-11-19(24(2,20)21)16-9-4-3-8-15(16)17/h3-9,12,18H,10-11H2,1-2H3. The van der Waals surface area contributed by atoms with E-state index in [2.05, 4.69) is 4.72 Å². The molecule has 6 nitrogen and oxygen atoms in total. The molecule has 1 N–H and O–H groups in total. The van der Waals surface area contributed by atoms with Crippen molar-refractivity contribution in [3.05, 3.63) is 59.9 Å². The number of hydrogen-bond acceptors (Lipinski definition) is 4. The third kappa shape index (κ3) is 5.00. The van der Waals surface area contributed by atoms with Crippen molar-refractivity contribution in [3.8, 4) is 0 Å². The summed E-state index contributed by atoms with van der Waals surface area (Å²) in [7, 11) is -7.55. The Morgan fingerprint density at radius 3 is 2.32 bits per heavy atom. The lowest BCUT2D eigenvalue weighted by molar-refractivity contribution is 0.576. The van der Waals surface area contributed by atoms with Gasteiger partial charge in [-0.25, -0.2) is 25.9 Å². The summed E-state index contributed by atoms with van der Waals surface area (Å²) in [4.78, 5) is 0.0873. The van der Waals surface area contributed by atoms with E-state index in [9.17, 15) is 21.2 Å². The van der Waals surface area contributed by atoms with Crippen molar-refractivity contribution in [2.24, 2.45) is 0 Å². The summed E-state index contributed by atoms with van der Waals surface area (Å²) >= 11 is 0. The number of nitrogens with zero attached hydrogens (tertiary/aromatic N) is 1. The van der Waals surface area contributed by atoms with Crippen LogP contribution in [0.15, 0.2) is 53.4 Å². The van der Waals surface area contributed by atoms with Crippen LogP contribution in [-0.4, -0.2) is 36.2 Å². The van der Waals surface area contributed by atoms with Crippen LogP contribution in [0.4, 0.5) is 10.1 Å². The summed E-state index contributed by atoms with van der Waals surface area (Å²) in [5.74, 6) is -0.700. The summed E-state index contributed by atoms with van der Waals surface area (Å²) < 4.78 is 65.5. The van der Waals surface area contributed by atoms with Crippen LogP contribution >= 0.6 is 0 Å². The predicted octanol–water partition coefficient (Wildman–Crippen LogP) is 1.88. The molecular weight excluding hydrogens is 367 g/mol. The fourth-order valence-corrected chi connectivity index (χ4v) is 4.32. The summed E-state index contributed by atoms with van der Waals surface area (Å²) in [6.07, 6.45) is 0.939. The van der Waals surface area contributed by atoms with Gasteiger partial charge in [-0.2, -0.15) is 0 Å². The molecule has 0 unspecified atom stereocenters. The van der Waals surface area contributed by atoms with E-state index in [1.165, 1.54) is 30.3 Å². The number of aryl methyl sites for hydroxylation is 1. The summed E-state index contributed by atoms with van der Waals surface area (Å²) in [5.41, 5.74) is 0.659. The van der Waals surface area contributed by atoms with Crippen LogP contribution in [-0.2, 0) is 20.0 Å². The van der Waals surface area contributed by atoms with Crippen LogP contribution in [0.5, 0.6) is 0 Å². The molecule has 0 heterocycles. The highest BCUT2D eigenvalue weighted by Crippen LogP contribution is 2.21. The maximum atomic E-state index is 13.9. The molecular formula is C16H19FN2O4S2. The highest BCUT2D eigenvalue weighted by atomic mass is 32.2. The number of anilines is 1. The first-order valence-electron chi connectivity index (χ1n) is 7.40. The normalized spacial score (nSPS) is 12.1. The fraction of sp³-hybridized carbons (Fsp3) is 0.250. The molecule has 0 saturated carbocycles. The Bertz CT molecular complexity index is 960. The number of hydrogen-bond donors (Lipinski definition) is 1. The lowest BCUT2D eigenvalue weighted by atomic mass is 10.2. The van der Waals surface area contributed by atoms with Crippen molar-refractivity contribution < 1.29 is 21.2 Å². The fourth-order valence-electron chi connectivity index (χ4n) is 2.27. The van der Waals surface area contributed by atoms with Gasteiger partial charge in [0.1, 0.15) is 5.82 Å². The van der Waals surface area contributed by atoms with E-state index in [0.717, 1.165) is 22.2 Å². The van der Waals surface area contributed by atoms with Crippen molar-refractivity contribution in [2.45, 2.75) is 11.8 Å². The summed E-state index contributed by atoms with van der Waals surface area (Å²) in [6, 6.07) is 11.8. The van der Waals surface area contributed by atoms with Crippen LogP contribution < -0.4 is 9.03 Å².